The van der Waals surface area contributed by atoms with Gasteiger partial charge in [0.15, 0.2) is 0 Å². The van der Waals surface area contributed by atoms with Crippen molar-refractivity contribution in [1.82, 2.24) is 9.55 Å². The van der Waals surface area contributed by atoms with Gasteiger partial charge in [0.05, 0.1) is 0 Å². The van der Waals surface area contributed by atoms with Gasteiger partial charge in [-0.2, -0.15) is 11.3 Å². The van der Waals surface area contributed by atoms with Crippen LogP contribution in [0.3, 0.4) is 0 Å². The second-order valence-electron chi connectivity index (χ2n) is 3.63. The van der Waals surface area contributed by atoms with E-state index < -0.39 is 0 Å². The van der Waals surface area contributed by atoms with Crippen LogP contribution in [0.4, 0.5) is 5.95 Å². The van der Waals surface area contributed by atoms with Gasteiger partial charge in [-0.15, -0.1) is 6.58 Å². The summed E-state index contributed by atoms with van der Waals surface area (Å²) in [5.41, 5.74) is 2.66. The molecular weight excluding hydrogens is 218 g/mol. The molecule has 0 aromatic carbocycles. The second-order valence-corrected chi connectivity index (χ2v) is 4.37. The lowest BCUT2D eigenvalue weighted by atomic mass is 10.2. The molecule has 0 unspecified atom stereocenters. The largest absolute Gasteiger partial charge is 0.352 e. The van der Waals surface area contributed by atoms with Crippen molar-refractivity contribution in [3.05, 3.63) is 46.9 Å². The van der Waals surface area contributed by atoms with Crippen LogP contribution in [0.2, 0.25) is 0 Å². The van der Waals surface area contributed by atoms with Gasteiger partial charge in [0, 0.05) is 25.5 Å². The SMILES string of the molecule is C=CCn1ccnc1NCc1cscc1C. The Bertz CT molecular complexity index is 470. The van der Waals surface area contributed by atoms with Gasteiger partial charge in [-0.05, 0) is 28.8 Å². The highest BCUT2D eigenvalue weighted by atomic mass is 32.1. The smallest absolute Gasteiger partial charge is 0.203 e. The first-order valence-electron chi connectivity index (χ1n) is 5.19. The lowest BCUT2D eigenvalue weighted by Gasteiger charge is -2.07. The highest BCUT2D eigenvalue weighted by Crippen LogP contribution is 2.15. The number of hydrogen-bond donors (Lipinski definition) is 1. The first-order chi connectivity index (χ1) is 7.81. The summed E-state index contributed by atoms with van der Waals surface area (Å²) in [7, 11) is 0. The lowest BCUT2D eigenvalue weighted by Crippen LogP contribution is -2.06. The summed E-state index contributed by atoms with van der Waals surface area (Å²) in [4.78, 5) is 4.27. The first kappa shape index (κ1) is 11.0. The molecule has 2 heterocycles. The van der Waals surface area contributed by atoms with E-state index >= 15 is 0 Å². The number of allylic oxidation sites excluding steroid dienone is 1. The number of aryl methyl sites for hydroxylation is 1. The number of nitrogens with one attached hydrogen (secondary N) is 1. The van der Waals surface area contributed by atoms with Crippen LogP contribution in [-0.2, 0) is 13.1 Å². The highest BCUT2D eigenvalue weighted by Gasteiger charge is 2.02. The molecule has 0 radical (unpaired) electrons. The molecule has 0 aliphatic heterocycles. The minimum Gasteiger partial charge on any atom is -0.352 e. The van der Waals surface area contributed by atoms with Crippen LogP contribution in [0, 0.1) is 6.92 Å². The number of rotatable bonds is 5. The van der Waals surface area contributed by atoms with Crippen molar-refractivity contribution in [2.45, 2.75) is 20.0 Å². The normalized spacial score (nSPS) is 10.3. The van der Waals surface area contributed by atoms with Crippen LogP contribution < -0.4 is 5.32 Å². The molecule has 0 saturated carbocycles. The molecule has 2 aromatic heterocycles. The number of hydrogen-bond acceptors (Lipinski definition) is 3. The molecule has 2 rings (SSSR count). The minimum atomic E-state index is 0.783. The highest BCUT2D eigenvalue weighted by molar-refractivity contribution is 7.08. The van der Waals surface area contributed by atoms with E-state index in [0.717, 1.165) is 19.0 Å². The summed E-state index contributed by atoms with van der Waals surface area (Å²) in [6, 6.07) is 0. The molecule has 0 spiro atoms. The summed E-state index contributed by atoms with van der Waals surface area (Å²) >= 11 is 1.73. The monoisotopic (exact) mass is 233 g/mol. The van der Waals surface area contributed by atoms with Crippen molar-refractivity contribution in [2.75, 3.05) is 5.32 Å². The van der Waals surface area contributed by atoms with Gasteiger partial charge in [-0.25, -0.2) is 4.98 Å². The van der Waals surface area contributed by atoms with Crippen molar-refractivity contribution >= 4 is 17.3 Å². The van der Waals surface area contributed by atoms with E-state index in [0.29, 0.717) is 0 Å². The van der Waals surface area contributed by atoms with Crippen molar-refractivity contribution in [3.8, 4) is 0 Å². The Hall–Kier alpha value is -1.55. The summed E-state index contributed by atoms with van der Waals surface area (Å²) in [6.07, 6.45) is 5.61. The molecule has 4 heteroatoms. The quantitative estimate of drug-likeness (QED) is 0.804. The fraction of sp³-hybridized carbons (Fsp3) is 0.250. The summed E-state index contributed by atoms with van der Waals surface area (Å²) in [5, 5.41) is 7.66. The Balaban J connectivity index is 2.02. The van der Waals surface area contributed by atoms with Crippen molar-refractivity contribution < 1.29 is 0 Å². The van der Waals surface area contributed by atoms with Gasteiger partial charge in [0.25, 0.3) is 0 Å². The van der Waals surface area contributed by atoms with Gasteiger partial charge in [-0.3, -0.25) is 0 Å². The van der Waals surface area contributed by atoms with Crippen LogP contribution in [-0.4, -0.2) is 9.55 Å². The van der Waals surface area contributed by atoms with Crippen molar-refractivity contribution in [3.63, 3.8) is 0 Å². The molecule has 2 aromatic rings. The second kappa shape index (κ2) is 4.99. The predicted octanol–water partition coefficient (Wildman–Crippen LogP) is 3.05. The maximum absolute atomic E-state index is 4.27. The van der Waals surface area contributed by atoms with Crippen LogP contribution >= 0.6 is 11.3 Å². The number of anilines is 1. The molecular formula is C12H15N3S. The van der Waals surface area contributed by atoms with Gasteiger partial charge in [0.2, 0.25) is 5.95 Å². The molecule has 0 atom stereocenters. The zero-order valence-electron chi connectivity index (χ0n) is 9.31. The molecule has 84 valence electrons. The lowest BCUT2D eigenvalue weighted by molar-refractivity contribution is 0.820. The van der Waals surface area contributed by atoms with E-state index in [2.05, 4.69) is 34.6 Å². The van der Waals surface area contributed by atoms with E-state index in [1.165, 1.54) is 11.1 Å². The van der Waals surface area contributed by atoms with E-state index in [-0.39, 0.29) is 0 Å². The Labute approximate surface area is 99.5 Å². The topological polar surface area (TPSA) is 29.9 Å². The Morgan fingerprint density at radius 3 is 3.12 bits per heavy atom. The van der Waals surface area contributed by atoms with E-state index in [1.807, 2.05) is 16.8 Å². The fourth-order valence-corrected chi connectivity index (χ4v) is 2.36. The third-order valence-corrected chi connectivity index (χ3v) is 3.35. The zero-order valence-corrected chi connectivity index (χ0v) is 10.1. The van der Waals surface area contributed by atoms with E-state index in [4.69, 9.17) is 0 Å². The number of aromatic nitrogens is 2. The molecule has 16 heavy (non-hydrogen) atoms. The summed E-state index contributed by atoms with van der Waals surface area (Å²) in [5.74, 6) is 0.894. The van der Waals surface area contributed by atoms with E-state index in [9.17, 15) is 0 Å². The molecule has 1 N–H and O–H groups in total. The molecule has 3 nitrogen and oxygen atoms in total. The van der Waals surface area contributed by atoms with Gasteiger partial charge in [0.1, 0.15) is 0 Å². The molecule has 0 saturated heterocycles. The Morgan fingerprint density at radius 1 is 1.56 bits per heavy atom. The predicted molar refractivity (Wildman–Crippen MR) is 68.8 cm³/mol. The van der Waals surface area contributed by atoms with Gasteiger partial charge < -0.3 is 9.88 Å². The molecule has 0 aliphatic carbocycles. The van der Waals surface area contributed by atoms with Crippen LogP contribution in [0.1, 0.15) is 11.1 Å². The van der Waals surface area contributed by atoms with Crippen molar-refractivity contribution in [1.29, 1.82) is 0 Å². The van der Waals surface area contributed by atoms with Gasteiger partial charge in [-0.1, -0.05) is 6.08 Å². The average molecular weight is 233 g/mol. The fourth-order valence-electron chi connectivity index (χ4n) is 1.50. The summed E-state index contributed by atoms with van der Waals surface area (Å²) < 4.78 is 2.04. The minimum absolute atomic E-state index is 0.783. The molecule has 0 aliphatic rings. The van der Waals surface area contributed by atoms with Crippen molar-refractivity contribution in [2.24, 2.45) is 0 Å². The first-order valence-corrected chi connectivity index (χ1v) is 6.13. The van der Waals surface area contributed by atoms with Crippen LogP contribution in [0.5, 0.6) is 0 Å². The Morgan fingerprint density at radius 2 is 2.44 bits per heavy atom. The molecule has 0 amide bonds. The maximum atomic E-state index is 4.27. The van der Waals surface area contributed by atoms with Gasteiger partial charge >= 0.3 is 0 Å². The standard InChI is InChI=1S/C12H15N3S/c1-3-5-15-6-4-13-12(15)14-7-11-9-16-8-10(11)2/h3-4,6,8-9H,1,5,7H2,2H3,(H,13,14). The molecule has 0 fully saturated rings. The maximum Gasteiger partial charge on any atom is 0.203 e. The number of nitrogens with zero attached hydrogens (tertiary/aromatic N) is 2. The third-order valence-electron chi connectivity index (χ3n) is 2.44. The van der Waals surface area contributed by atoms with Crippen LogP contribution in [0.25, 0.3) is 0 Å². The number of thiophene rings is 1. The average Bonchev–Trinajstić information content (AvgIpc) is 2.86. The molecule has 0 bridgehead atoms. The summed E-state index contributed by atoms with van der Waals surface area (Å²) in [6.45, 7) is 7.46. The third kappa shape index (κ3) is 2.33. The Kier molecular flexibility index (Phi) is 3.41. The van der Waals surface area contributed by atoms with Crippen LogP contribution in [0.15, 0.2) is 35.8 Å². The van der Waals surface area contributed by atoms with E-state index in [1.54, 1.807) is 17.5 Å². The number of imidazole rings is 1. The zero-order chi connectivity index (χ0) is 11.4.